The highest BCUT2D eigenvalue weighted by atomic mass is 16.7. The van der Waals surface area contributed by atoms with Crippen molar-refractivity contribution in [3.05, 3.63) is 114 Å². The van der Waals surface area contributed by atoms with Crippen LogP contribution >= 0.6 is 0 Å². The number of unbranched alkanes of at least 4 members (excludes halogenated alkanes) is 2. The van der Waals surface area contributed by atoms with Crippen LogP contribution in [0.2, 0.25) is 0 Å². The van der Waals surface area contributed by atoms with Crippen LogP contribution in [0.1, 0.15) is 87.1 Å². The number of aliphatic hydroxyl groups excluding tert-OH is 2. The van der Waals surface area contributed by atoms with Crippen LogP contribution in [0.15, 0.2) is 108 Å². The van der Waals surface area contributed by atoms with Crippen LogP contribution in [-0.2, 0) is 9.57 Å². The predicted octanol–water partition coefficient (Wildman–Crippen LogP) is 9.57. The Balaban J connectivity index is 1.31. The van der Waals surface area contributed by atoms with Crippen molar-refractivity contribution in [1.29, 1.82) is 0 Å². The molecule has 4 aliphatic rings. The lowest BCUT2D eigenvalue weighted by molar-refractivity contribution is -0.254. The van der Waals surface area contributed by atoms with Crippen molar-refractivity contribution in [1.82, 2.24) is 4.90 Å². The molecule has 1 fully saturated rings. The molecule has 2 aliphatic heterocycles. The molecule has 0 bridgehead atoms. The number of oxime groups is 1. The molecule has 1 saturated carbocycles. The minimum atomic E-state index is -1.36. The third-order valence-electron chi connectivity index (χ3n) is 12.6. The van der Waals surface area contributed by atoms with E-state index in [1.54, 1.807) is 24.3 Å². The number of carbonyl (C=O) groups is 1. The number of nitrogens with zero attached hydrogens (tertiary/aromatic N) is 2. The molecule has 0 saturated heterocycles. The van der Waals surface area contributed by atoms with Gasteiger partial charge < -0.3 is 43.6 Å². The summed E-state index contributed by atoms with van der Waals surface area (Å²) in [4.78, 5) is 22.8. The van der Waals surface area contributed by atoms with Crippen molar-refractivity contribution in [2.45, 2.75) is 83.0 Å². The van der Waals surface area contributed by atoms with Gasteiger partial charge in [-0.25, -0.2) is 0 Å². The molecule has 1 amide bonds. The van der Waals surface area contributed by atoms with E-state index in [4.69, 9.17) is 33.7 Å². The first kappa shape index (κ1) is 42.3. The fourth-order valence-electron chi connectivity index (χ4n) is 10.1. The summed E-state index contributed by atoms with van der Waals surface area (Å²) in [5.74, 6) is 1.25. The van der Waals surface area contributed by atoms with Gasteiger partial charge in [0.2, 0.25) is 12.6 Å². The summed E-state index contributed by atoms with van der Waals surface area (Å²) in [6, 6.07) is 25.0. The predicted molar refractivity (Wildman–Crippen MR) is 234 cm³/mol. The second-order valence-electron chi connectivity index (χ2n) is 16.4. The molecule has 11 nitrogen and oxygen atoms in total. The highest BCUT2D eigenvalue weighted by Gasteiger charge is 2.65. The molecule has 2 N–H and O–H groups in total. The average Bonchev–Trinajstić information content (AvgIpc) is 3.76. The van der Waals surface area contributed by atoms with Crippen LogP contribution in [0.3, 0.4) is 0 Å². The maximum absolute atomic E-state index is 15.0. The summed E-state index contributed by atoms with van der Waals surface area (Å²) in [7, 11) is 0. The summed E-state index contributed by atoms with van der Waals surface area (Å²) in [5.41, 5.74) is 3.22. The fourth-order valence-corrected chi connectivity index (χ4v) is 10.1. The fraction of sp³-hybridized carbons (Fsp3) is 0.440. The molecular weight excluding hydrogens is 773 g/mol. The molecule has 4 aromatic carbocycles. The summed E-state index contributed by atoms with van der Waals surface area (Å²) in [6.07, 6.45) is 9.82. The lowest BCUT2D eigenvalue weighted by atomic mass is 9.55. The van der Waals surface area contributed by atoms with Gasteiger partial charge in [0.05, 0.1) is 18.2 Å². The molecule has 11 heteroatoms. The van der Waals surface area contributed by atoms with E-state index in [1.165, 1.54) is 0 Å². The van der Waals surface area contributed by atoms with E-state index in [1.807, 2.05) is 42.2 Å². The van der Waals surface area contributed by atoms with E-state index in [0.29, 0.717) is 67.4 Å². The molecule has 61 heavy (non-hydrogen) atoms. The Hall–Kier alpha value is -5.36. The number of rotatable bonds is 19. The first-order valence-electron chi connectivity index (χ1n) is 22.0. The van der Waals surface area contributed by atoms with Gasteiger partial charge in [0.25, 0.3) is 5.91 Å². The van der Waals surface area contributed by atoms with E-state index in [9.17, 15) is 10.2 Å². The number of hydrogen-bond acceptors (Lipinski definition) is 10. The van der Waals surface area contributed by atoms with Crippen molar-refractivity contribution in [2.24, 2.45) is 22.9 Å². The zero-order valence-corrected chi connectivity index (χ0v) is 35.3. The topological polar surface area (TPSA) is 129 Å². The third-order valence-corrected chi connectivity index (χ3v) is 12.6. The summed E-state index contributed by atoms with van der Waals surface area (Å²) in [6.45, 7) is 9.34. The Kier molecular flexibility index (Phi) is 13.3. The second kappa shape index (κ2) is 19.1. The van der Waals surface area contributed by atoms with Gasteiger partial charge in [-0.2, -0.15) is 0 Å². The van der Waals surface area contributed by atoms with Crippen LogP contribution in [-0.4, -0.2) is 78.3 Å². The molecule has 8 rings (SSSR count). The lowest BCUT2D eigenvalue weighted by Crippen LogP contribution is -2.70. The van der Waals surface area contributed by atoms with E-state index >= 15 is 4.79 Å². The van der Waals surface area contributed by atoms with Gasteiger partial charge in [-0.1, -0.05) is 67.4 Å². The maximum Gasteiger partial charge on any atom is 0.254 e. The molecule has 2 aliphatic carbocycles. The Morgan fingerprint density at radius 2 is 1.66 bits per heavy atom. The number of hydrogen-bond donors (Lipinski definition) is 2. The van der Waals surface area contributed by atoms with E-state index in [0.717, 1.165) is 59.1 Å². The third kappa shape index (κ3) is 8.48. The van der Waals surface area contributed by atoms with Crippen molar-refractivity contribution in [3.8, 4) is 28.7 Å². The largest absolute Gasteiger partial charge is 0.459 e. The van der Waals surface area contributed by atoms with Crippen molar-refractivity contribution in [2.75, 3.05) is 39.8 Å². The van der Waals surface area contributed by atoms with Gasteiger partial charge in [-0.3, -0.25) is 4.79 Å². The number of fused-ring (bicyclic) bond motifs is 4. The average molecular weight is 831 g/mol. The Morgan fingerprint density at radius 1 is 0.902 bits per heavy atom. The number of amides is 1. The van der Waals surface area contributed by atoms with Crippen molar-refractivity contribution >= 4 is 22.4 Å². The molecule has 6 atom stereocenters. The first-order valence-corrected chi connectivity index (χ1v) is 22.0. The summed E-state index contributed by atoms with van der Waals surface area (Å²) < 4.78 is 32.5. The van der Waals surface area contributed by atoms with E-state index < -0.39 is 17.7 Å². The number of allylic oxidation sites excluding steroid dienone is 1. The van der Waals surface area contributed by atoms with Crippen LogP contribution in [0.4, 0.5) is 0 Å². The summed E-state index contributed by atoms with van der Waals surface area (Å²) >= 11 is 0. The molecule has 4 aromatic rings. The minimum Gasteiger partial charge on any atom is -0.459 e. The van der Waals surface area contributed by atoms with Gasteiger partial charge in [0, 0.05) is 43.2 Å². The van der Waals surface area contributed by atoms with Gasteiger partial charge in [-0.05, 0) is 116 Å². The zero-order chi connectivity index (χ0) is 42.3. The molecule has 322 valence electrons. The number of aliphatic hydroxyl groups is 2. The molecule has 0 spiro atoms. The van der Waals surface area contributed by atoms with Gasteiger partial charge in [0.15, 0.2) is 11.5 Å². The molecular formula is C50H58N2O9. The Bertz CT molecular complexity index is 2260. The second-order valence-corrected chi connectivity index (χ2v) is 16.4. The number of ether oxygens (including phenoxy) is 5. The normalized spacial score (nSPS) is 24.0. The standard InChI is InChI=1S/C50H58N2O9/c1-4-23-52(49(55)36-18-21-44-45(29-36)57-32-56-44)46-31-42(51-59-6-3)40-28-35(15-9-11-24-53)39(16-10-12-25-54)47-41-30-38(60-37-19-17-33-13-7-8-14-34(33)27-37)20-22-43(41)61-50(46,48(40)47)58-26-5-2/h5,7-8,13-14,17-22,27-30,35,39,46-48,53-54H,2,4,6,9-12,15-16,23-26,31-32H2,1,3H3. The van der Waals surface area contributed by atoms with Crippen molar-refractivity contribution < 1.29 is 43.5 Å². The first-order chi connectivity index (χ1) is 29.9. The van der Waals surface area contributed by atoms with Gasteiger partial charge in [0.1, 0.15) is 29.9 Å². The Morgan fingerprint density at radius 3 is 2.44 bits per heavy atom. The minimum absolute atomic E-state index is 0.0838. The highest BCUT2D eigenvalue weighted by Crippen LogP contribution is 2.62. The van der Waals surface area contributed by atoms with Crippen LogP contribution < -0.4 is 18.9 Å². The monoisotopic (exact) mass is 830 g/mol. The van der Waals surface area contributed by atoms with E-state index in [2.05, 4.69) is 49.9 Å². The van der Waals surface area contributed by atoms with E-state index in [-0.39, 0.29) is 50.3 Å². The van der Waals surface area contributed by atoms with Gasteiger partial charge >= 0.3 is 0 Å². The maximum atomic E-state index is 15.0. The lowest BCUT2D eigenvalue weighted by Gasteiger charge is -2.60. The van der Waals surface area contributed by atoms with Crippen molar-refractivity contribution in [3.63, 3.8) is 0 Å². The van der Waals surface area contributed by atoms with Gasteiger partial charge in [-0.15, -0.1) is 6.58 Å². The Labute approximate surface area is 358 Å². The highest BCUT2D eigenvalue weighted by molar-refractivity contribution is 6.03. The van der Waals surface area contributed by atoms with Crippen LogP contribution in [0.25, 0.3) is 10.8 Å². The number of benzene rings is 4. The zero-order valence-electron chi connectivity index (χ0n) is 35.3. The molecule has 0 radical (unpaired) electrons. The van der Waals surface area contributed by atoms with Crippen LogP contribution in [0, 0.1) is 17.8 Å². The quantitative estimate of drug-likeness (QED) is 0.0540. The SMILES string of the molecule is C=CCOC12Oc3ccc(Oc4ccc5ccccc5c4)cc3C3C(CCCCO)C(CCCCO)C=C(C(=NOCC)CC1N(CCC)C(=O)c1ccc4c(c1)OCO4)C32. The molecule has 0 aromatic heterocycles. The smallest absolute Gasteiger partial charge is 0.254 e. The molecule has 2 heterocycles. The summed E-state index contributed by atoms with van der Waals surface area (Å²) in [5, 5.41) is 26.9. The number of carbonyl (C=O) groups excluding carboxylic acids is 1. The molecule has 6 unspecified atom stereocenters. The van der Waals surface area contributed by atoms with Crippen LogP contribution in [0.5, 0.6) is 28.7 Å².